The number of rotatable bonds is 5. The molecule has 1 aromatic carbocycles. The van der Waals surface area contributed by atoms with Gasteiger partial charge in [-0.2, -0.15) is 0 Å². The molecule has 6 nitrogen and oxygen atoms in total. The van der Waals surface area contributed by atoms with Gasteiger partial charge in [0, 0.05) is 17.8 Å². The second kappa shape index (κ2) is 6.67. The summed E-state index contributed by atoms with van der Waals surface area (Å²) in [7, 11) is 0. The number of hydrogen-bond acceptors (Lipinski definition) is 4. The van der Waals surface area contributed by atoms with Crippen LogP contribution in [0.5, 0.6) is 0 Å². The Labute approximate surface area is 121 Å². The van der Waals surface area contributed by atoms with E-state index in [4.69, 9.17) is 11.6 Å². The third-order valence-corrected chi connectivity index (χ3v) is 3.64. The van der Waals surface area contributed by atoms with Crippen LogP contribution in [0.3, 0.4) is 0 Å². The maximum absolute atomic E-state index is 11.7. The molecule has 0 spiro atoms. The van der Waals surface area contributed by atoms with Crippen molar-refractivity contribution in [1.29, 1.82) is 0 Å². The Bertz CT molecular complexity index is 516. The van der Waals surface area contributed by atoms with Crippen LogP contribution in [-0.4, -0.2) is 23.4 Å². The number of nitro benzene ring substituents is 1. The summed E-state index contributed by atoms with van der Waals surface area (Å²) in [5.74, 6) is -0.179. The topological polar surface area (TPSA) is 84.3 Å². The van der Waals surface area contributed by atoms with Crippen molar-refractivity contribution in [3.8, 4) is 0 Å². The summed E-state index contributed by atoms with van der Waals surface area (Å²) in [5, 5.41) is 16.5. The summed E-state index contributed by atoms with van der Waals surface area (Å²) in [6.07, 6.45) is 4.63. The van der Waals surface area contributed by atoms with Gasteiger partial charge in [-0.15, -0.1) is 0 Å². The normalized spacial score (nSPS) is 15.2. The molecule has 0 aliphatic heterocycles. The largest absolute Gasteiger partial charge is 0.325 e. The molecular formula is C13H16ClN3O3. The van der Waals surface area contributed by atoms with Crippen molar-refractivity contribution in [1.82, 2.24) is 5.32 Å². The molecular weight excluding hydrogens is 282 g/mol. The lowest BCUT2D eigenvalue weighted by molar-refractivity contribution is -0.384. The van der Waals surface area contributed by atoms with Crippen LogP contribution >= 0.6 is 11.6 Å². The van der Waals surface area contributed by atoms with Crippen LogP contribution in [0.2, 0.25) is 5.02 Å². The monoisotopic (exact) mass is 297 g/mol. The Balaban J connectivity index is 1.87. The highest BCUT2D eigenvalue weighted by Crippen LogP contribution is 2.27. The molecule has 20 heavy (non-hydrogen) atoms. The zero-order valence-electron chi connectivity index (χ0n) is 10.9. The summed E-state index contributed by atoms with van der Waals surface area (Å²) >= 11 is 5.78. The number of nitro groups is 1. The predicted molar refractivity (Wildman–Crippen MR) is 77.0 cm³/mol. The maximum Gasteiger partial charge on any atom is 0.288 e. The van der Waals surface area contributed by atoms with E-state index >= 15 is 0 Å². The smallest absolute Gasteiger partial charge is 0.288 e. The lowest BCUT2D eigenvalue weighted by Crippen LogP contribution is -2.34. The molecule has 0 aromatic heterocycles. The molecule has 1 fully saturated rings. The Hall–Kier alpha value is -1.66. The second-order valence-corrected chi connectivity index (χ2v) is 5.24. The SMILES string of the molecule is O=C(CNC1CCCC1)Nc1ccc([N+](=O)[O-])c(Cl)c1. The molecule has 1 aromatic rings. The van der Waals surface area contributed by atoms with Crippen LogP contribution in [0.1, 0.15) is 25.7 Å². The Morgan fingerprint density at radius 2 is 2.10 bits per heavy atom. The van der Waals surface area contributed by atoms with E-state index in [0.717, 1.165) is 12.8 Å². The van der Waals surface area contributed by atoms with Gasteiger partial charge in [0.15, 0.2) is 0 Å². The van der Waals surface area contributed by atoms with Crippen LogP contribution in [0.25, 0.3) is 0 Å². The van der Waals surface area contributed by atoms with Crippen molar-refractivity contribution in [3.05, 3.63) is 33.3 Å². The number of hydrogen-bond donors (Lipinski definition) is 2. The van der Waals surface area contributed by atoms with Gasteiger partial charge in [-0.05, 0) is 25.0 Å². The number of benzene rings is 1. The minimum atomic E-state index is -0.560. The van der Waals surface area contributed by atoms with E-state index in [-0.39, 0.29) is 23.2 Å². The predicted octanol–water partition coefficient (Wildman–Crippen LogP) is 2.72. The van der Waals surface area contributed by atoms with Crippen LogP contribution in [0, 0.1) is 10.1 Å². The number of amides is 1. The van der Waals surface area contributed by atoms with Crippen molar-refractivity contribution in [2.45, 2.75) is 31.7 Å². The molecule has 0 heterocycles. The van der Waals surface area contributed by atoms with E-state index in [0.29, 0.717) is 11.7 Å². The average molecular weight is 298 g/mol. The van der Waals surface area contributed by atoms with E-state index < -0.39 is 4.92 Å². The fourth-order valence-corrected chi connectivity index (χ4v) is 2.55. The highest BCUT2D eigenvalue weighted by atomic mass is 35.5. The average Bonchev–Trinajstić information content (AvgIpc) is 2.89. The number of anilines is 1. The summed E-state index contributed by atoms with van der Waals surface area (Å²) in [5.41, 5.74) is 0.285. The molecule has 0 radical (unpaired) electrons. The minimum absolute atomic E-state index is 0.0107. The van der Waals surface area contributed by atoms with Crippen LogP contribution in [-0.2, 0) is 4.79 Å². The molecule has 1 saturated carbocycles. The molecule has 0 unspecified atom stereocenters. The first-order valence-electron chi connectivity index (χ1n) is 6.53. The van der Waals surface area contributed by atoms with E-state index in [1.165, 1.54) is 31.0 Å². The summed E-state index contributed by atoms with van der Waals surface area (Å²) in [6, 6.07) is 4.55. The van der Waals surface area contributed by atoms with Crippen LogP contribution in [0.15, 0.2) is 18.2 Å². The van der Waals surface area contributed by atoms with Crippen molar-refractivity contribution in [3.63, 3.8) is 0 Å². The van der Waals surface area contributed by atoms with Gasteiger partial charge in [0.05, 0.1) is 11.5 Å². The van der Waals surface area contributed by atoms with Crippen molar-refractivity contribution in [2.75, 3.05) is 11.9 Å². The van der Waals surface area contributed by atoms with Gasteiger partial charge >= 0.3 is 0 Å². The quantitative estimate of drug-likeness (QED) is 0.646. The molecule has 1 aliphatic rings. The van der Waals surface area contributed by atoms with Gasteiger partial charge < -0.3 is 10.6 Å². The van der Waals surface area contributed by atoms with Crippen molar-refractivity contribution in [2.24, 2.45) is 0 Å². The molecule has 0 saturated heterocycles. The summed E-state index contributed by atoms with van der Waals surface area (Å²) in [4.78, 5) is 21.8. The fourth-order valence-electron chi connectivity index (χ4n) is 2.30. The maximum atomic E-state index is 11.7. The van der Waals surface area contributed by atoms with E-state index in [9.17, 15) is 14.9 Å². The molecule has 2 N–H and O–H groups in total. The first-order valence-corrected chi connectivity index (χ1v) is 6.91. The highest BCUT2D eigenvalue weighted by Gasteiger charge is 2.16. The molecule has 108 valence electrons. The molecule has 1 aliphatic carbocycles. The zero-order chi connectivity index (χ0) is 14.5. The van der Waals surface area contributed by atoms with Crippen LogP contribution < -0.4 is 10.6 Å². The lowest BCUT2D eigenvalue weighted by atomic mass is 10.2. The van der Waals surface area contributed by atoms with Crippen molar-refractivity contribution >= 4 is 28.9 Å². The molecule has 7 heteroatoms. The number of nitrogens with zero attached hydrogens (tertiary/aromatic N) is 1. The fraction of sp³-hybridized carbons (Fsp3) is 0.462. The summed E-state index contributed by atoms with van der Waals surface area (Å²) in [6.45, 7) is 0.235. The standard InChI is InChI=1S/C13H16ClN3O3/c14-11-7-10(5-6-12(11)17(19)20)16-13(18)8-15-9-3-1-2-4-9/h5-7,9,15H,1-4,8H2,(H,16,18). The third-order valence-electron chi connectivity index (χ3n) is 3.33. The molecule has 0 bridgehead atoms. The zero-order valence-corrected chi connectivity index (χ0v) is 11.7. The van der Waals surface area contributed by atoms with E-state index in [1.807, 2.05) is 0 Å². The number of carbonyl (C=O) groups excluding carboxylic acids is 1. The first kappa shape index (κ1) is 14.7. The van der Waals surface area contributed by atoms with Crippen molar-refractivity contribution < 1.29 is 9.72 Å². The third kappa shape index (κ3) is 3.91. The van der Waals surface area contributed by atoms with Gasteiger partial charge in [-0.3, -0.25) is 14.9 Å². The lowest BCUT2D eigenvalue weighted by Gasteiger charge is -2.11. The molecule has 1 amide bonds. The number of halogens is 1. The molecule has 2 rings (SSSR count). The van der Waals surface area contributed by atoms with E-state index in [1.54, 1.807) is 0 Å². The van der Waals surface area contributed by atoms with Gasteiger partial charge in [-0.25, -0.2) is 0 Å². The second-order valence-electron chi connectivity index (χ2n) is 4.83. The molecule has 0 atom stereocenters. The van der Waals surface area contributed by atoms with Gasteiger partial charge in [-0.1, -0.05) is 24.4 Å². The van der Waals surface area contributed by atoms with Gasteiger partial charge in [0.25, 0.3) is 5.69 Å². The Morgan fingerprint density at radius 3 is 2.70 bits per heavy atom. The Kier molecular flexibility index (Phi) is 4.92. The number of nitrogens with one attached hydrogen (secondary N) is 2. The van der Waals surface area contributed by atoms with Gasteiger partial charge in [0.2, 0.25) is 5.91 Å². The van der Waals surface area contributed by atoms with Gasteiger partial charge in [0.1, 0.15) is 5.02 Å². The van der Waals surface area contributed by atoms with E-state index in [2.05, 4.69) is 10.6 Å². The number of carbonyl (C=O) groups is 1. The highest BCUT2D eigenvalue weighted by molar-refractivity contribution is 6.33. The minimum Gasteiger partial charge on any atom is -0.325 e. The summed E-state index contributed by atoms with van der Waals surface area (Å²) < 4.78 is 0. The first-order chi connectivity index (χ1) is 9.56. The van der Waals surface area contributed by atoms with Crippen LogP contribution in [0.4, 0.5) is 11.4 Å². The Morgan fingerprint density at radius 1 is 1.40 bits per heavy atom.